The van der Waals surface area contributed by atoms with E-state index in [9.17, 15) is 28.8 Å². The molecule has 0 heterocycles. The Hall–Kier alpha value is -4.54. The van der Waals surface area contributed by atoms with Gasteiger partial charge in [-0.2, -0.15) is 0 Å². The van der Waals surface area contributed by atoms with Gasteiger partial charge in [-0.3, -0.25) is 24.0 Å². The van der Waals surface area contributed by atoms with Crippen molar-refractivity contribution in [2.45, 2.75) is 19.5 Å². The third-order valence-corrected chi connectivity index (χ3v) is 4.69. The average Bonchev–Trinajstić information content (AvgIpc) is 2.88. The van der Waals surface area contributed by atoms with Crippen molar-refractivity contribution in [1.82, 2.24) is 21.3 Å². The van der Waals surface area contributed by atoms with Gasteiger partial charge in [-0.1, -0.05) is 30.3 Å². The van der Waals surface area contributed by atoms with E-state index in [1.165, 1.54) is 20.1 Å². The minimum atomic E-state index is -1.01. The third kappa shape index (κ3) is 8.72. The summed E-state index contributed by atoms with van der Waals surface area (Å²) in [6, 6.07) is 13.6. The number of hydrogen-bond acceptors (Lipinski definition) is 7. The lowest BCUT2D eigenvalue weighted by molar-refractivity contribution is -0.138. The Morgan fingerprint density at radius 3 is 2.20 bits per heavy atom. The Morgan fingerprint density at radius 2 is 1.51 bits per heavy atom. The predicted octanol–water partition coefficient (Wildman–Crippen LogP) is -0.291. The SMILES string of the molecule is COC(=O)c1cccc(CNC(=O)C(=O)CNC(=O)[C@H](C)NC(=O)CNC(=O)c2ccccc2)c1. The van der Waals surface area contributed by atoms with Crippen LogP contribution in [-0.2, 0) is 30.5 Å². The quantitative estimate of drug-likeness (QED) is 0.253. The smallest absolute Gasteiger partial charge is 0.337 e. The van der Waals surface area contributed by atoms with Gasteiger partial charge in [0.05, 0.1) is 25.8 Å². The van der Waals surface area contributed by atoms with Crippen LogP contribution in [0.3, 0.4) is 0 Å². The van der Waals surface area contributed by atoms with Crippen LogP contribution in [0, 0.1) is 0 Å². The zero-order chi connectivity index (χ0) is 25.8. The molecule has 0 aromatic heterocycles. The van der Waals surface area contributed by atoms with Crippen molar-refractivity contribution >= 4 is 35.4 Å². The van der Waals surface area contributed by atoms with E-state index in [0.717, 1.165) is 0 Å². The topological polar surface area (TPSA) is 160 Å². The lowest BCUT2D eigenvalue weighted by Gasteiger charge is -2.14. The average molecular weight is 482 g/mol. The standard InChI is InChI=1S/C24H26N4O7/c1-15(28-20(30)14-27-22(32)17-8-4-3-5-9-17)21(31)26-13-19(29)23(33)25-12-16-7-6-10-18(11-16)24(34)35-2/h3-11,15H,12-14H2,1-2H3,(H,25,33)(H,26,31)(H,27,32)(H,28,30)/t15-/m0/s1. The fourth-order valence-electron chi connectivity index (χ4n) is 2.82. The van der Waals surface area contributed by atoms with Crippen molar-refractivity contribution in [3.8, 4) is 0 Å². The number of esters is 1. The number of Topliss-reactive ketones (excluding diaryl/α,β-unsaturated/α-hetero) is 1. The van der Waals surface area contributed by atoms with Crippen molar-refractivity contribution in [2.75, 3.05) is 20.2 Å². The Morgan fingerprint density at radius 1 is 0.829 bits per heavy atom. The van der Waals surface area contributed by atoms with Crippen LogP contribution in [-0.4, -0.2) is 61.6 Å². The summed E-state index contributed by atoms with van der Waals surface area (Å²) in [7, 11) is 1.25. The second kappa shape index (κ2) is 13.2. The van der Waals surface area contributed by atoms with E-state index < -0.39 is 48.0 Å². The maximum Gasteiger partial charge on any atom is 0.337 e. The van der Waals surface area contributed by atoms with Crippen LogP contribution < -0.4 is 21.3 Å². The first-order valence-electron chi connectivity index (χ1n) is 10.6. The molecule has 0 bridgehead atoms. The molecule has 0 fully saturated rings. The first kappa shape index (κ1) is 26.7. The zero-order valence-corrected chi connectivity index (χ0v) is 19.3. The number of nitrogens with one attached hydrogen (secondary N) is 4. The van der Waals surface area contributed by atoms with Gasteiger partial charge in [0, 0.05) is 12.1 Å². The summed E-state index contributed by atoms with van der Waals surface area (Å²) in [5.41, 5.74) is 1.27. The molecule has 0 aliphatic heterocycles. The maximum absolute atomic E-state index is 12.1. The molecular formula is C24H26N4O7. The van der Waals surface area contributed by atoms with Gasteiger partial charge in [0.2, 0.25) is 17.6 Å². The highest BCUT2D eigenvalue weighted by Crippen LogP contribution is 2.06. The maximum atomic E-state index is 12.1. The van der Waals surface area contributed by atoms with E-state index >= 15 is 0 Å². The Bertz CT molecular complexity index is 1100. The summed E-state index contributed by atoms with van der Waals surface area (Å²) in [5.74, 6) is -4.07. The second-order valence-corrected chi connectivity index (χ2v) is 7.35. The van der Waals surface area contributed by atoms with Gasteiger partial charge in [-0.05, 0) is 36.8 Å². The highest BCUT2D eigenvalue weighted by molar-refractivity contribution is 6.37. The summed E-state index contributed by atoms with van der Waals surface area (Å²) in [6.45, 7) is 0.470. The fourth-order valence-corrected chi connectivity index (χ4v) is 2.82. The zero-order valence-electron chi connectivity index (χ0n) is 19.3. The van der Waals surface area contributed by atoms with E-state index in [1.54, 1.807) is 48.5 Å². The van der Waals surface area contributed by atoms with Gasteiger partial charge in [0.15, 0.2) is 0 Å². The number of rotatable bonds is 11. The number of carbonyl (C=O) groups excluding carboxylic acids is 6. The summed E-state index contributed by atoms with van der Waals surface area (Å²) in [5, 5.41) is 9.51. The van der Waals surface area contributed by atoms with E-state index in [4.69, 9.17) is 0 Å². The van der Waals surface area contributed by atoms with Gasteiger partial charge in [-0.15, -0.1) is 0 Å². The van der Waals surface area contributed by atoms with Crippen LogP contribution in [0.4, 0.5) is 0 Å². The first-order valence-corrected chi connectivity index (χ1v) is 10.6. The van der Waals surface area contributed by atoms with Gasteiger partial charge in [0.1, 0.15) is 6.04 Å². The van der Waals surface area contributed by atoms with Crippen LogP contribution in [0.25, 0.3) is 0 Å². The van der Waals surface area contributed by atoms with Crippen molar-refractivity contribution in [2.24, 2.45) is 0 Å². The molecule has 2 aromatic carbocycles. The molecule has 4 amide bonds. The molecule has 0 aliphatic rings. The molecule has 11 heteroatoms. The van der Waals surface area contributed by atoms with Crippen LogP contribution in [0.5, 0.6) is 0 Å². The molecule has 0 unspecified atom stereocenters. The molecular weight excluding hydrogens is 456 g/mol. The van der Waals surface area contributed by atoms with E-state index in [2.05, 4.69) is 26.0 Å². The molecule has 0 spiro atoms. The Balaban J connectivity index is 1.71. The van der Waals surface area contributed by atoms with Crippen molar-refractivity contribution in [3.63, 3.8) is 0 Å². The summed E-state index contributed by atoms with van der Waals surface area (Å²) in [6.07, 6.45) is 0. The van der Waals surface area contributed by atoms with Crippen molar-refractivity contribution in [1.29, 1.82) is 0 Å². The minimum absolute atomic E-state index is 0.00941. The summed E-state index contributed by atoms with van der Waals surface area (Å²) < 4.78 is 4.63. The van der Waals surface area contributed by atoms with Gasteiger partial charge < -0.3 is 26.0 Å². The second-order valence-electron chi connectivity index (χ2n) is 7.35. The number of hydrogen-bond donors (Lipinski definition) is 4. The third-order valence-electron chi connectivity index (χ3n) is 4.69. The molecule has 0 radical (unpaired) electrons. The highest BCUT2D eigenvalue weighted by atomic mass is 16.5. The fraction of sp³-hybridized carbons (Fsp3) is 0.250. The summed E-state index contributed by atoms with van der Waals surface area (Å²) >= 11 is 0. The van der Waals surface area contributed by atoms with Gasteiger partial charge >= 0.3 is 5.97 Å². The first-order chi connectivity index (χ1) is 16.7. The number of benzene rings is 2. The van der Waals surface area contributed by atoms with E-state index in [1.807, 2.05) is 0 Å². The molecule has 184 valence electrons. The van der Waals surface area contributed by atoms with E-state index in [0.29, 0.717) is 16.7 Å². The Kier molecular flexibility index (Phi) is 10.1. The van der Waals surface area contributed by atoms with Crippen molar-refractivity contribution in [3.05, 3.63) is 71.3 Å². The molecule has 2 rings (SSSR count). The lowest BCUT2D eigenvalue weighted by Crippen LogP contribution is -2.49. The molecule has 35 heavy (non-hydrogen) atoms. The molecule has 0 saturated carbocycles. The number of methoxy groups -OCH3 is 1. The minimum Gasteiger partial charge on any atom is -0.465 e. The highest BCUT2D eigenvalue weighted by Gasteiger charge is 2.19. The largest absolute Gasteiger partial charge is 0.465 e. The predicted molar refractivity (Wildman–Crippen MR) is 124 cm³/mol. The number of ether oxygens (including phenoxy) is 1. The van der Waals surface area contributed by atoms with Gasteiger partial charge in [0.25, 0.3) is 11.8 Å². The number of carbonyl (C=O) groups is 6. The Labute approximate surface area is 201 Å². The molecule has 4 N–H and O–H groups in total. The van der Waals surface area contributed by atoms with Crippen molar-refractivity contribution < 1.29 is 33.5 Å². The van der Waals surface area contributed by atoms with Crippen LogP contribution in [0.1, 0.15) is 33.2 Å². The molecule has 2 aromatic rings. The van der Waals surface area contributed by atoms with E-state index in [-0.39, 0.29) is 13.1 Å². The van der Waals surface area contributed by atoms with Crippen LogP contribution in [0.15, 0.2) is 54.6 Å². The molecule has 1 atom stereocenters. The van der Waals surface area contributed by atoms with Gasteiger partial charge in [-0.25, -0.2) is 4.79 Å². The molecule has 11 nitrogen and oxygen atoms in total. The summed E-state index contributed by atoms with van der Waals surface area (Å²) in [4.78, 5) is 71.6. The normalized spacial score (nSPS) is 10.9. The molecule has 0 saturated heterocycles. The monoisotopic (exact) mass is 482 g/mol. The van der Waals surface area contributed by atoms with Crippen LogP contribution in [0.2, 0.25) is 0 Å². The molecule has 0 aliphatic carbocycles. The van der Waals surface area contributed by atoms with Crippen LogP contribution >= 0.6 is 0 Å². The number of amides is 4. The lowest BCUT2D eigenvalue weighted by atomic mass is 10.1. The number of ketones is 1.